The van der Waals surface area contributed by atoms with Crippen LogP contribution in [0.3, 0.4) is 0 Å². The molecule has 0 fully saturated rings. The van der Waals surface area contributed by atoms with Crippen molar-refractivity contribution in [2.24, 2.45) is 0 Å². The topological polar surface area (TPSA) is 0 Å². The highest BCUT2D eigenvalue weighted by Crippen LogP contribution is 2.32. The van der Waals surface area contributed by atoms with Gasteiger partial charge in [0.15, 0.2) is 5.83 Å². The van der Waals surface area contributed by atoms with Crippen molar-refractivity contribution in [3.05, 3.63) is 36.1 Å². The van der Waals surface area contributed by atoms with Crippen molar-refractivity contribution in [3.63, 3.8) is 0 Å². The second kappa shape index (κ2) is 2.44. The van der Waals surface area contributed by atoms with Crippen molar-refractivity contribution in [2.75, 3.05) is 0 Å². The summed E-state index contributed by atoms with van der Waals surface area (Å²) < 4.78 is 47.9. The summed E-state index contributed by atoms with van der Waals surface area (Å²) in [6, 6.07) is 0. The van der Waals surface area contributed by atoms with Gasteiger partial charge in [-0.3, -0.25) is 0 Å². The largest absolute Gasteiger partial charge is 0.229 e. The van der Waals surface area contributed by atoms with Gasteiger partial charge in [0.1, 0.15) is 11.7 Å². The Morgan fingerprint density at radius 2 is 1.60 bits per heavy atom. The van der Waals surface area contributed by atoms with E-state index >= 15 is 0 Å². The van der Waals surface area contributed by atoms with E-state index in [9.17, 15) is 17.6 Å². The molecule has 1 aliphatic rings. The lowest BCUT2D eigenvalue weighted by Crippen LogP contribution is -1.97. The van der Waals surface area contributed by atoms with Crippen LogP contribution in [0.4, 0.5) is 17.6 Å². The average Bonchev–Trinajstić information content (AvgIpc) is 1.82. The van der Waals surface area contributed by atoms with Crippen LogP contribution in [0, 0.1) is 12.6 Å². The maximum atomic E-state index is 12.0. The molecule has 10 heavy (non-hydrogen) atoms. The molecule has 0 heterocycles. The third kappa shape index (κ3) is 1.20. The van der Waals surface area contributed by atoms with E-state index in [4.69, 9.17) is 0 Å². The molecule has 0 saturated carbocycles. The summed E-state index contributed by atoms with van der Waals surface area (Å²) in [7, 11) is 0. The number of rotatable bonds is 0. The van der Waals surface area contributed by atoms with Crippen LogP contribution in [0.1, 0.15) is 0 Å². The minimum absolute atomic E-state index is 0.276. The molecule has 0 aromatic heterocycles. The molecule has 1 aliphatic carbocycles. The lowest BCUT2D eigenvalue weighted by Gasteiger charge is -2.06. The Balaban J connectivity index is 2.85. The van der Waals surface area contributed by atoms with Crippen LogP contribution in [-0.4, -0.2) is 0 Å². The van der Waals surface area contributed by atoms with Crippen LogP contribution in [-0.2, 0) is 0 Å². The molecule has 0 saturated heterocycles. The molecule has 54 valence electrons. The number of hydrogen-bond donors (Lipinski definition) is 0. The minimum atomic E-state index is -1.65. The lowest BCUT2D eigenvalue weighted by molar-refractivity contribution is 0.434. The summed E-state index contributed by atoms with van der Waals surface area (Å²) >= 11 is 0. The molecule has 2 radical (unpaired) electrons. The van der Waals surface area contributed by atoms with Gasteiger partial charge in [-0.25, -0.2) is 17.6 Å². The van der Waals surface area contributed by atoms with Crippen molar-refractivity contribution in [1.29, 1.82) is 0 Å². The van der Waals surface area contributed by atoms with Crippen LogP contribution < -0.4 is 0 Å². The fourth-order valence-corrected chi connectivity index (χ4v) is 0.525. The maximum Gasteiger partial charge on any atom is 0.229 e. The highest BCUT2D eigenvalue weighted by atomic mass is 19.2. The average molecular weight is 150 g/mol. The summed E-state index contributed by atoms with van der Waals surface area (Å²) in [4.78, 5) is 0. The summed E-state index contributed by atoms with van der Waals surface area (Å²) in [5.74, 6) is -4.30. The van der Waals surface area contributed by atoms with Crippen LogP contribution in [0.15, 0.2) is 23.6 Å². The summed E-state index contributed by atoms with van der Waals surface area (Å²) in [5, 5.41) is 0. The van der Waals surface area contributed by atoms with E-state index in [1.807, 2.05) is 0 Å². The Morgan fingerprint density at radius 1 is 1.00 bits per heavy atom. The second-order valence-electron chi connectivity index (χ2n) is 1.68. The van der Waals surface area contributed by atoms with Crippen molar-refractivity contribution in [1.82, 2.24) is 0 Å². The zero-order valence-electron chi connectivity index (χ0n) is 4.67. The van der Waals surface area contributed by atoms with Crippen LogP contribution in [0.5, 0.6) is 0 Å². The number of halogens is 4. The fraction of sp³-hybridized carbons (Fsp3) is 0. The smallest absolute Gasteiger partial charge is 0.227 e. The first-order valence-electron chi connectivity index (χ1n) is 2.41. The van der Waals surface area contributed by atoms with Gasteiger partial charge in [0, 0.05) is 0 Å². The van der Waals surface area contributed by atoms with Gasteiger partial charge in [-0.15, -0.1) is 0 Å². The maximum absolute atomic E-state index is 12.0. The monoisotopic (exact) mass is 150 g/mol. The molecular formula is C6H2F4. The molecule has 0 aromatic carbocycles. The Hall–Kier alpha value is -0.800. The van der Waals surface area contributed by atoms with E-state index in [2.05, 4.69) is 0 Å². The standard InChI is InChI=1S/C6H2F4/c7-3-1-4(8)6(10)5(9)2-3/h1-2H. The van der Waals surface area contributed by atoms with Crippen molar-refractivity contribution in [2.45, 2.75) is 0 Å². The van der Waals surface area contributed by atoms with Gasteiger partial charge in [0.25, 0.3) is 0 Å². The fourth-order valence-electron chi connectivity index (χ4n) is 0.525. The second-order valence-corrected chi connectivity index (χ2v) is 1.68. The molecular weight excluding hydrogens is 148 g/mol. The molecule has 1 rings (SSSR count). The Kier molecular flexibility index (Phi) is 1.78. The third-order valence-corrected chi connectivity index (χ3v) is 0.949. The molecule has 0 nitrogen and oxygen atoms in total. The molecule has 0 unspecified atom stereocenters. The molecule has 0 aliphatic heterocycles. The van der Waals surface area contributed by atoms with Crippen molar-refractivity contribution < 1.29 is 17.6 Å². The first kappa shape index (κ1) is 7.31. The van der Waals surface area contributed by atoms with Gasteiger partial charge in [-0.2, -0.15) is 0 Å². The predicted octanol–water partition coefficient (Wildman–Crippen LogP) is 2.71. The summed E-state index contributed by atoms with van der Waals surface area (Å²) in [5.41, 5.74) is 0. The summed E-state index contributed by atoms with van der Waals surface area (Å²) in [6.45, 7) is 0. The van der Waals surface area contributed by atoms with E-state index in [0.29, 0.717) is 0 Å². The lowest BCUT2D eigenvalue weighted by atomic mass is 10.1. The molecule has 0 atom stereocenters. The van der Waals surface area contributed by atoms with Crippen LogP contribution in [0.2, 0.25) is 0 Å². The predicted molar refractivity (Wildman–Crippen MR) is 27.1 cm³/mol. The number of hydrogen-bond acceptors (Lipinski definition) is 0. The Bertz CT molecular complexity index is 204. The van der Waals surface area contributed by atoms with E-state index < -0.39 is 23.7 Å². The van der Waals surface area contributed by atoms with Gasteiger partial charge in [-0.1, -0.05) is 0 Å². The molecule has 0 N–H and O–H groups in total. The van der Waals surface area contributed by atoms with Crippen molar-refractivity contribution in [3.8, 4) is 0 Å². The minimum Gasteiger partial charge on any atom is -0.227 e. The number of allylic oxidation sites excluding steroid dienone is 4. The van der Waals surface area contributed by atoms with Gasteiger partial charge in [-0.05, 0) is 6.08 Å². The quantitative estimate of drug-likeness (QED) is 0.465. The molecule has 0 spiro atoms. The molecule has 0 bridgehead atoms. The van der Waals surface area contributed by atoms with Gasteiger partial charge < -0.3 is 0 Å². The Morgan fingerprint density at radius 3 is 2.10 bits per heavy atom. The van der Waals surface area contributed by atoms with Gasteiger partial charge >= 0.3 is 0 Å². The van der Waals surface area contributed by atoms with E-state index in [-0.39, 0.29) is 12.5 Å². The SMILES string of the molecule is F[C]1C=C(F)[CH]C(F)=C1F. The van der Waals surface area contributed by atoms with Crippen molar-refractivity contribution >= 4 is 0 Å². The van der Waals surface area contributed by atoms with E-state index in [0.717, 1.165) is 0 Å². The van der Waals surface area contributed by atoms with Gasteiger partial charge in [0.2, 0.25) is 6.17 Å². The first-order valence-corrected chi connectivity index (χ1v) is 2.41. The van der Waals surface area contributed by atoms with Crippen LogP contribution in [0.25, 0.3) is 0 Å². The normalized spacial score (nSPS) is 21.4. The van der Waals surface area contributed by atoms with E-state index in [1.54, 1.807) is 0 Å². The molecule has 0 aromatic rings. The first-order chi connectivity index (χ1) is 4.61. The van der Waals surface area contributed by atoms with E-state index in [1.165, 1.54) is 0 Å². The zero-order chi connectivity index (χ0) is 7.72. The van der Waals surface area contributed by atoms with Crippen LogP contribution >= 0.6 is 0 Å². The molecule has 0 amide bonds. The highest BCUT2D eigenvalue weighted by Gasteiger charge is 2.24. The summed E-state index contributed by atoms with van der Waals surface area (Å²) in [6.07, 6.45) is -0.964. The van der Waals surface area contributed by atoms with Gasteiger partial charge in [0.05, 0.1) is 6.42 Å². The Labute approximate surface area is 54.8 Å². The molecule has 4 heteroatoms. The zero-order valence-corrected chi connectivity index (χ0v) is 4.67. The highest BCUT2D eigenvalue weighted by molar-refractivity contribution is 5.39. The third-order valence-electron chi connectivity index (χ3n) is 0.949.